The van der Waals surface area contributed by atoms with Gasteiger partial charge in [-0.1, -0.05) is 6.07 Å². The summed E-state index contributed by atoms with van der Waals surface area (Å²) in [6.07, 6.45) is 3.59. The van der Waals surface area contributed by atoms with Crippen molar-refractivity contribution in [3.05, 3.63) is 23.8 Å². The third-order valence-electron chi connectivity index (χ3n) is 4.12. The number of ether oxygens (including phenoxy) is 2. The molecule has 0 bridgehead atoms. The molecule has 1 saturated heterocycles. The van der Waals surface area contributed by atoms with Crippen LogP contribution in [-0.4, -0.2) is 44.4 Å². The number of benzene rings is 1. The molecular formula is C15H22N2O2. The predicted octanol–water partition coefficient (Wildman–Crippen LogP) is 1.64. The number of nitrogens with one attached hydrogen (secondary N) is 1. The Morgan fingerprint density at radius 3 is 2.84 bits per heavy atom. The van der Waals surface area contributed by atoms with Crippen LogP contribution in [0.3, 0.4) is 0 Å². The third-order valence-corrected chi connectivity index (χ3v) is 4.12. The minimum atomic E-state index is 0.355. The normalized spacial score (nSPS) is 19.1. The number of likely N-dealkylation sites (N-methyl/N-ethyl adjacent to an activating group) is 1. The highest BCUT2D eigenvalue weighted by Crippen LogP contribution is 2.32. The molecule has 0 saturated carbocycles. The van der Waals surface area contributed by atoms with Crippen LogP contribution >= 0.6 is 0 Å². The van der Waals surface area contributed by atoms with Crippen LogP contribution in [0.5, 0.6) is 11.5 Å². The first-order valence-corrected chi connectivity index (χ1v) is 7.12. The first-order chi connectivity index (χ1) is 9.33. The molecule has 0 aliphatic carbocycles. The van der Waals surface area contributed by atoms with E-state index >= 15 is 0 Å². The Bertz CT molecular complexity index is 430. The van der Waals surface area contributed by atoms with Gasteiger partial charge in [-0.05, 0) is 57.1 Å². The van der Waals surface area contributed by atoms with E-state index in [1.54, 1.807) is 0 Å². The van der Waals surface area contributed by atoms with Crippen molar-refractivity contribution >= 4 is 0 Å². The zero-order valence-electron chi connectivity index (χ0n) is 11.5. The highest BCUT2D eigenvalue weighted by atomic mass is 16.7. The van der Waals surface area contributed by atoms with Gasteiger partial charge in [0.1, 0.15) is 0 Å². The number of hydrogen-bond donors (Lipinski definition) is 1. The van der Waals surface area contributed by atoms with Crippen molar-refractivity contribution in [2.75, 3.05) is 33.5 Å². The molecule has 1 fully saturated rings. The molecule has 0 aromatic heterocycles. The second-order valence-corrected chi connectivity index (χ2v) is 5.40. The first-order valence-electron chi connectivity index (χ1n) is 7.12. The van der Waals surface area contributed by atoms with Crippen LogP contribution in [0, 0.1) is 0 Å². The van der Waals surface area contributed by atoms with Gasteiger partial charge in [0.05, 0.1) is 0 Å². The second-order valence-electron chi connectivity index (χ2n) is 5.40. The topological polar surface area (TPSA) is 33.7 Å². The van der Waals surface area contributed by atoms with Crippen molar-refractivity contribution < 1.29 is 9.47 Å². The molecule has 0 amide bonds. The Hall–Kier alpha value is -1.26. The molecular weight excluding hydrogens is 240 g/mol. The average Bonchev–Trinajstić information content (AvgIpc) is 2.93. The van der Waals surface area contributed by atoms with E-state index in [-0.39, 0.29) is 0 Å². The molecule has 1 aromatic rings. The van der Waals surface area contributed by atoms with Crippen LogP contribution in [0.2, 0.25) is 0 Å². The summed E-state index contributed by atoms with van der Waals surface area (Å²) < 4.78 is 10.8. The van der Waals surface area contributed by atoms with E-state index in [0.717, 1.165) is 43.6 Å². The van der Waals surface area contributed by atoms with E-state index in [0.29, 0.717) is 6.79 Å². The Kier molecular flexibility index (Phi) is 3.89. The van der Waals surface area contributed by atoms with Crippen molar-refractivity contribution in [3.8, 4) is 11.5 Å². The average molecular weight is 262 g/mol. The van der Waals surface area contributed by atoms with Gasteiger partial charge in [-0.25, -0.2) is 0 Å². The monoisotopic (exact) mass is 262 g/mol. The fourth-order valence-electron chi connectivity index (χ4n) is 2.83. The summed E-state index contributed by atoms with van der Waals surface area (Å²) in [5, 5.41) is 3.41. The van der Waals surface area contributed by atoms with Crippen LogP contribution in [0.25, 0.3) is 0 Å². The van der Waals surface area contributed by atoms with Crippen molar-refractivity contribution in [1.82, 2.24) is 10.2 Å². The SMILES string of the molecule is CN(CCc1ccc2c(c1)OCO2)C1CCNCC1. The molecule has 2 heterocycles. The minimum absolute atomic E-state index is 0.355. The fraction of sp³-hybridized carbons (Fsp3) is 0.600. The van der Waals surface area contributed by atoms with Gasteiger partial charge in [0.2, 0.25) is 6.79 Å². The predicted molar refractivity (Wildman–Crippen MR) is 74.8 cm³/mol. The number of fused-ring (bicyclic) bond motifs is 1. The first kappa shape index (κ1) is 12.8. The maximum atomic E-state index is 5.42. The van der Waals surface area contributed by atoms with Gasteiger partial charge in [0.25, 0.3) is 0 Å². The van der Waals surface area contributed by atoms with Gasteiger partial charge in [-0.3, -0.25) is 0 Å². The van der Waals surface area contributed by atoms with Crippen LogP contribution in [0.15, 0.2) is 18.2 Å². The summed E-state index contributed by atoms with van der Waals surface area (Å²) in [4.78, 5) is 2.49. The maximum Gasteiger partial charge on any atom is 0.231 e. The highest BCUT2D eigenvalue weighted by Gasteiger charge is 2.18. The summed E-state index contributed by atoms with van der Waals surface area (Å²) in [7, 11) is 2.24. The molecule has 0 atom stereocenters. The quantitative estimate of drug-likeness (QED) is 0.894. The van der Waals surface area contributed by atoms with E-state index in [1.165, 1.54) is 18.4 Å². The molecule has 104 valence electrons. The van der Waals surface area contributed by atoms with E-state index in [2.05, 4.69) is 29.4 Å². The van der Waals surface area contributed by atoms with Gasteiger partial charge in [0, 0.05) is 12.6 Å². The minimum Gasteiger partial charge on any atom is -0.454 e. The molecule has 3 rings (SSSR count). The van der Waals surface area contributed by atoms with E-state index < -0.39 is 0 Å². The summed E-state index contributed by atoms with van der Waals surface area (Å²) in [6.45, 7) is 3.76. The third kappa shape index (κ3) is 3.01. The summed E-state index contributed by atoms with van der Waals surface area (Å²) in [6, 6.07) is 7.00. The van der Waals surface area contributed by atoms with Crippen LogP contribution in [0.4, 0.5) is 0 Å². The zero-order valence-corrected chi connectivity index (χ0v) is 11.5. The standard InChI is InChI=1S/C15H22N2O2/c1-17(13-4-7-16-8-5-13)9-6-12-2-3-14-15(10-12)19-11-18-14/h2-3,10,13,16H,4-9,11H2,1H3. The Balaban J connectivity index is 1.53. The Morgan fingerprint density at radius 2 is 2.00 bits per heavy atom. The Morgan fingerprint density at radius 1 is 1.21 bits per heavy atom. The second kappa shape index (κ2) is 5.80. The lowest BCUT2D eigenvalue weighted by molar-refractivity contribution is 0.174. The van der Waals surface area contributed by atoms with Crippen molar-refractivity contribution in [2.45, 2.75) is 25.3 Å². The zero-order chi connectivity index (χ0) is 13.1. The fourth-order valence-corrected chi connectivity index (χ4v) is 2.83. The molecule has 0 unspecified atom stereocenters. The molecule has 2 aliphatic rings. The summed E-state index contributed by atoms with van der Waals surface area (Å²) >= 11 is 0. The van der Waals surface area contributed by atoms with Crippen LogP contribution < -0.4 is 14.8 Å². The van der Waals surface area contributed by atoms with Crippen LogP contribution in [-0.2, 0) is 6.42 Å². The molecule has 2 aliphatic heterocycles. The van der Waals surface area contributed by atoms with E-state index in [4.69, 9.17) is 9.47 Å². The molecule has 19 heavy (non-hydrogen) atoms. The summed E-state index contributed by atoms with van der Waals surface area (Å²) in [5.41, 5.74) is 1.32. The van der Waals surface area contributed by atoms with E-state index in [1.807, 2.05) is 6.07 Å². The van der Waals surface area contributed by atoms with Gasteiger partial charge in [0.15, 0.2) is 11.5 Å². The van der Waals surface area contributed by atoms with Gasteiger partial charge in [-0.2, -0.15) is 0 Å². The number of rotatable bonds is 4. The van der Waals surface area contributed by atoms with Gasteiger partial charge in [-0.15, -0.1) is 0 Å². The number of nitrogens with zero attached hydrogens (tertiary/aromatic N) is 1. The van der Waals surface area contributed by atoms with Crippen molar-refractivity contribution in [1.29, 1.82) is 0 Å². The van der Waals surface area contributed by atoms with Gasteiger partial charge < -0.3 is 19.7 Å². The maximum absolute atomic E-state index is 5.42. The lowest BCUT2D eigenvalue weighted by atomic mass is 10.0. The largest absolute Gasteiger partial charge is 0.454 e. The van der Waals surface area contributed by atoms with Gasteiger partial charge >= 0.3 is 0 Å². The lowest BCUT2D eigenvalue weighted by Crippen LogP contribution is -2.41. The van der Waals surface area contributed by atoms with E-state index in [9.17, 15) is 0 Å². The smallest absolute Gasteiger partial charge is 0.231 e. The summed E-state index contributed by atoms with van der Waals surface area (Å²) in [5.74, 6) is 1.76. The molecule has 0 spiro atoms. The lowest BCUT2D eigenvalue weighted by Gasteiger charge is -2.31. The van der Waals surface area contributed by atoms with Crippen molar-refractivity contribution in [3.63, 3.8) is 0 Å². The van der Waals surface area contributed by atoms with Crippen molar-refractivity contribution in [2.24, 2.45) is 0 Å². The Labute approximate surface area is 114 Å². The molecule has 4 nitrogen and oxygen atoms in total. The molecule has 1 N–H and O–H groups in total. The molecule has 1 aromatic carbocycles. The number of piperidine rings is 1. The molecule has 4 heteroatoms. The highest BCUT2D eigenvalue weighted by molar-refractivity contribution is 5.44. The van der Waals surface area contributed by atoms with Crippen LogP contribution in [0.1, 0.15) is 18.4 Å². The molecule has 0 radical (unpaired) electrons. The number of hydrogen-bond acceptors (Lipinski definition) is 4.